The molecule has 0 bridgehead atoms. The van der Waals surface area contributed by atoms with Gasteiger partial charge in [0.1, 0.15) is 6.10 Å². The lowest BCUT2D eigenvalue weighted by Gasteiger charge is -2.25. The van der Waals surface area contributed by atoms with Crippen LogP contribution in [0.2, 0.25) is 0 Å². The summed E-state index contributed by atoms with van der Waals surface area (Å²) in [5.41, 5.74) is 5.41. The van der Waals surface area contributed by atoms with E-state index in [4.69, 9.17) is 4.52 Å². The third kappa shape index (κ3) is 4.05. The Morgan fingerprint density at radius 3 is 1.90 bits per heavy atom. The molecular weight excluding hydrogens is 469 g/mol. The van der Waals surface area contributed by atoms with Crippen LogP contribution < -0.4 is 10.4 Å². The average Bonchev–Trinajstić information content (AvgIpc) is 3.13. The molecule has 154 valence electrons. The minimum absolute atomic E-state index is 0.398. The number of nitrogens with one attached hydrogen (secondary N) is 1. The molecule has 0 saturated carbocycles. The molecule has 5 rings (SSSR count). The van der Waals surface area contributed by atoms with Gasteiger partial charge in [0.2, 0.25) is 0 Å². The maximum Gasteiger partial charge on any atom is 0.300 e. The van der Waals surface area contributed by atoms with Gasteiger partial charge in [-0.25, -0.2) is 5.09 Å². The van der Waals surface area contributed by atoms with Crippen LogP contribution in [0.25, 0.3) is 11.1 Å². The van der Waals surface area contributed by atoms with Gasteiger partial charge >= 0.3 is 7.52 Å². The van der Waals surface area contributed by atoms with Crippen LogP contribution in [-0.4, -0.2) is 0 Å². The van der Waals surface area contributed by atoms with Crippen molar-refractivity contribution in [2.45, 2.75) is 12.6 Å². The van der Waals surface area contributed by atoms with Crippen LogP contribution in [0.5, 0.6) is 0 Å². The molecular formula is C26H21BrNO2P. The molecule has 4 aromatic rings. The van der Waals surface area contributed by atoms with E-state index in [-0.39, 0.29) is 0 Å². The van der Waals surface area contributed by atoms with Crippen LogP contribution >= 0.6 is 23.4 Å². The minimum atomic E-state index is -3.39. The maximum atomic E-state index is 14.3. The van der Waals surface area contributed by atoms with Crippen molar-refractivity contribution in [3.63, 3.8) is 0 Å². The standard InChI is InChI=1S/C26H21BrNO2P/c27-20-14-16-21(17-15-20)31(29,28-18-19-8-2-1-3-9-19)30-26-24-12-6-4-10-22(24)23-11-5-7-13-25(23)26/h1-17,26H,18H2,(H,28,29)/t31-/m0/s1. The van der Waals surface area contributed by atoms with E-state index in [0.717, 1.165) is 32.3 Å². The lowest BCUT2D eigenvalue weighted by molar-refractivity contribution is 0.252. The van der Waals surface area contributed by atoms with Crippen LogP contribution in [0.15, 0.2) is 108 Å². The highest BCUT2D eigenvalue weighted by molar-refractivity contribution is 9.10. The summed E-state index contributed by atoms with van der Waals surface area (Å²) in [4.78, 5) is 0. The number of rotatable bonds is 6. The lowest BCUT2D eigenvalue weighted by atomic mass is 10.1. The van der Waals surface area contributed by atoms with Crippen molar-refractivity contribution in [2.75, 3.05) is 0 Å². The van der Waals surface area contributed by atoms with Gasteiger partial charge < -0.3 is 4.52 Å². The molecule has 1 aliphatic carbocycles. The summed E-state index contributed by atoms with van der Waals surface area (Å²) in [6.45, 7) is 0.449. The van der Waals surface area contributed by atoms with E-state index < -0.39 is 13.6 Å². The zero-order valence-corrected chi connectivity index (χ0v) is 19.2. The fraction of sp³-hybridized carbons (Fsp3) is 0.0769. The number of fused-ring (bicyclic) bond motifs is 3. The Balaban J connectivity index is 1.54. The summed E-state index contributed by atoms with van der Waals surface area (Å²) in [6.07, 6.45) is -0.398. The third-order valence-corrected chi connectivity index (χ3v) is 8.12. The topological polar surface area (TPSA) is 38.3 Å². The fourth-order valence-corrected chi connectivity index (χ4v) is 6.09. The Bertz CT molecular complexity index is 1210. The Morgan fingerprint density at radius 2 is 1.29 bits per heavy atom. The van der Waals surface area contributed by atoms with Gasteiger partial charge in [0.15, 0.2) is 0 Å². The van der Waals surface area contributed by atoms with E-state index in [0.29, 0.717) is 11.8 Å². The predicted octanol–water partition coefficient (Wildman–Crippen LogP) is 6.84. The molecule has 5 heteroatoms. The molecule has 0 unspecified atom stereocenters. The molecule has 3 nitrogen and oxygen atoms in total. The molecule has 1 atom stereocenters. The molecule has 31 heavy (non-hydrogen) atoms. The van der Waals surface area contributed by atoms with Crippen LogP contribution in [0.1, 0.15) is 22.8 Å². The van der Waals surface area contributed by atoms with E-state index >= 15 is 0 Å². The number of hydrogen-bond donors (Lipinski definition) is 1. The highest BCUT2D eigenvalue weighted by Crippen LogP contribution is 2.54. The lowest BCUT2D eigenvalue weighted by Crippen LogP contribution is -2.22. The maximum absolute atomic E-state index is 14.3. The molecule has 0 amide bonds. The molecule has 0 aromatic heterocycles. The molecule has 4 aromatic carbocycles. The molecule has 0 radical (unpaired) electrons. The third-order valence-electron chi connectivity index (χ3n) is 5.53. The smallest absolute Gasteiger partial charge is 0.300 e. The second kappa shape index (κ2) is 8.57. The van der Waals surface area contributed by atoms with Gasteiger partial charge in [0.25, 0.3) is 0 Å². The molecule has 0 spiro atoms. The van der Waals surface area contributed by atoms with Crippen molar-refractivity contribution in [3.8, 4) is 11.1 Å². The molecule has 1 N–H and O–H groups in total. The summed E-state index contributed by atoms with van der Waals surface area (Å²) in [5.74, 6) is 0. The quantitative estimate of drug-likeness (QED) is 0.301. The first-order valence-corrected chi connectivity index (χ1v) is 12.6. The first-order chi connectivity index (χ1) is 15.1. The molecule has 0 heterocycles. The molecule has 0 fully saturated rings. The zero-order chi connectivity index (χ0) is 21.3. The van der Waals surface area contributed by atoms with Crippen molar-refractivity contribution < 1.29 is 9.09 Å². The van der Waals surface area contributed by atoms with Gasteiger partial charge in [-0.2, -0.15) is 0 Å². The number of benzene rings is 4. The van der Waals surface area contributed by atoms with Crippen LogP contribution in [0.3, 0.4) is 0 Å². The second-order valence-corrected chi connectivity index (χ2v) is 10.6. The van der Waals surface area contributed by atoms with Crippen molar-refractivity contribution >= 4 is 28.8 Å². The van der Waals surface area contributed by atoms with Gasteiger partial charge in [-0.3, -0.25) is 4.57 Å². The Morgan fingerprint density at radius 1 is 0.742 bits per heavy atom. The normalized spacial score (nSPS) is 14.6. The predicted molar refractivity (Wildman–Crippen MR) is 129 cm³/mol. The average molecular weight is 490 g/mol. The summed E-state index contributed by atoms with van der Waals surface area (Å²) in [7, 11) is -3.39. The van der Waals surface area contributed by atoms with Gasteiger partial charge in [-0.05, 0) is 52.1 Å². The summed E-state index contributed by atoms with van der Waals surface area (Å²) < 4.78 is 21.8. The summed E-state index contributed by atoms with van der Waals surface area (Å²) >= 11 is 3.47. The first-order valence-electron chi connectivity index (χ1n) is 10.2. The van der Waals surface area contributed by atoms with E-state index in [1.165, 1.54) is 0 Å². The van der Waals surface area contributed by atoms with Gasteiger partial charge in [0.05, 0.1) is 5.30 Å². The fourth-order valence-electron chi connectivity index (χ4n) is 3.99. The monoisotopic (exact) mass is 489 g/mol. The first kappa shape index (κ1) is 20.4. The van der Waals surface area contributed by atoms with E-state index in [1.54, 1.807) is 0 Å². The minimum Gasteiger partial charge on any atom is -0.301 e. The molecule has 0 saturated heterocycles. The van der Waals surface area contributed by atoms with Gasteiger partial charge in [-0.15, -0.1) is 0 Å². The van der Waals surface area contributed by atoms with E-state index in [9.17, 15) is 4.57 Å². The SMILES string of the molecule is O=[P@](NCc1ccccc1)(OC1c2ccccc2-c2ccccc21)c1ccc(Br)cc1. The van der Waals surface area contributed by atoms with E-state index in [1.807, 2.05) is 78.9 Å². The summed E-state index contributed by atoms with van der Waals surface area (Å²) in [6, 6.07) is 33.8. The van der Waals surface area contributed by atoms with Crippen LogP contribution in [-0.2, 0) is 15.6 Å². The van der Waals surface area contributed by atoms with Crippen LogP contribution in [0, 0.1) is 0 Å². The largest absolute Gasteiger partial charge is 0.301 e. The van der Waals surface area contributed by atoms with Crippen molar-refractivity contribution in [1.82, 2.24) is 5.09 Å². The van der Waals surface area contributed by atoms with E-state index in [2.05, 4.69) is 45.3 Å². The highest BCUT2D eigenvalue weighted by atomic mass is 79.9. The zero-order valence-electron chi connectivity index (χ0n) is 16.7. The Kier molecular flexibility index (Phi) is 5.64. The van der Waals surface area contributed by atoms with Crippen LogP contribution in [0.4, 0.5) is 0 Å². The van der Waals surface area contributed by atoms with Crippen molar-refractivity contribution in [3.05, 3.63) is 124 Å². The number of hydrogen-bond acceptors (Lipinski definition) is 2. The summed E-state index contributed by atoms with van der Waals surface area (Å²) in [5, 5.41) is 3.90. The number of halogens is 1. The second-order valence-electron chi connectivity index (χ2n) is 7.51. The van der Waals surface area contributed by atoms with Gasteiger partial charge in [0, 0.05) is 11.0 Å². The Hall–Kier alpha value is -2.49. The molecule has 0 aliphatic heterocycles. The Labute approximate surface area is 190 Å². The van der Waals surface area contributed by atoms with Gasteiger partial charge in [-0.1, -0.05) is 94.8 Å². The van der Waals surface area contributed by atoms with Crippen molar-refractivity contribution in [2.24, 2.45) is 0 Å². The van der Waals surface area contributed by atoms with Crippen molar-refractivity contribution in [1.29, 1.82) is 0 Å². The highest BCUT2D eigenvalue weighted by Gasteiger charge is 2.36. The molecule has 1 aliphatic rings.